The summed E-state index contributed by atoms with van der Waals surface area (Å²) in [5.41, 5.74) is 1.45. The van der Waals surface area contributed by atoms with Crippen molar-refractivity contribution in [2.75, 3.05) is 25.2 Å². The number of nitrogens with zero attached hydrogens (tertiary/aromatic N) is 1. The van der Waals surface area contributed by atoms with Crippen LogP contribution in [-0.2, 0) is 9.59 Å². The zero-order chi connectivity index (χ0) is 21.8. The van der Waals surface area contributed by atoms with Crippen molar-refractivity contribution in [2.24, 2.45) is 0 Å². The van der Waals surface area contributed by atoms with Gasteiger partial charge < -0.3 is 19.5 Å². The molecule has 2 aromatic carbocycles. The SMILES string of the molecule is COc1cc(C(C)NC(=O)CN2C(=O)COc3cc(Br)ccc32)ccc1OC(C)C. The van der Waals surface area contributed by atoms with Gasteiger partial charge in [0.2, 0.25) is 5.91 Å². The third-order valence-electron chi connectivity index (χ3n) is 4.59. The molecule has 0 fully saturated rings. The number of fused-ring (bicyclic) bond motifs is 1. The van der Waals surface area contributed by atoms with Gasteiger partial charge >= 0.3 is 0 Å². The molecule has 0 saturated carbocycles. The molecule has 0 bridgehead atoms. The summed E-state index contributed by atoms with van der Waals surface area (Å²) < 4.78 is 17.5. The molecule has 2 aromatic rings. The second-order valence-corrected chi connectivity index (χ2v) is 8.16. The van der Waals surface area contributed by atoms with E-state index < -0.39 is 0 Å². The van der Waals surface area contributed by atoms with Crippen molar-refractivity contribution in [3.63, 3.8) is 0 Å². The van der Waals surface area contributed by atoms with Crippen LogP contribution in [0.1, 0.15) is 32.4 Å². The molecule has 0 spiro atoms. The maximum Gasteiger partial charge on any atom is 0.265 e. The Bertz CT molecular complexity index is 947. The number of ether oxygens (including phenoxy) is 3. The highest BCUT2D eigenvalue weighted by molar-refractivity contribution is 9.10. The molecule has 8 heteroatoms. The molecule has 1 atom stereocenters. The number of benzene rings is 2. The number of hydrogen-bond acceptors (Lipinski definition) is 5. The van der Waals surface area contributed by atoms with Gasteiger partial charge in [-0.15, -0.1) is 0 Å². The van der Waals surface area contributed by atoms with Gasteiger partial charge in [-0.05, 0) is 56.7 Å². The number of amides is 2. The molecule has 1 unspecified atom stereocenters. The number of nitrogens with one attached hydrogen (secondary N) is 1. The van der Waals surface area contributed by atoms with Gasteiger partial charge in [-0.2, -0.15) is 0 Å². The number of methoxy groups -OCH3 is 1. The van der Waals surface area contributed by atoms with E-state index in [1.165, 1.54) is 4.90 Å². The average molecular weight is 477 g/mol. The van der Waals surface area contributed by atoms with Crippen LogP contribution in [0.25, 0.3) is 0 Å². The number of rotatable bonds is 7. The van der Waals surface area contributed by atoms with E-state index in [1.807, 2.05) is 39.0 Å². The highest BCUT2D eigenvalue weighted by Crippen LogP contribution is 2.34. The molecule has 1 aliphatic heterocycles. The molecule has 0 aromatic heterocycles. The smallest absolute Gasteiger partial charge is 0.265 e. The van der Waals surface area contributed by atoms with Crippen LogP contribution < -0.4 is 24.4 Å². The Morgan fingerprint density at radius 2 is 1.97 bits per heavy atom. The van der Waals surface area contributed by atoms with E-state index in [9.17, 15) is 9.59 Å². The highest BCUT2D eigenvalue weighted by Gasteiger charge is 2.28. The van der Waals surface area contributed by atoms with E-state index in [2.05, 4.69) is 21.2 Å². The minimum Gasteiger partial charge on any atom is -0.493 e. The number of carbonyl (C=O) groups is 2. The van der Waals surface area contributed by atoms with Crippen LogP contribution in [0.3, 0.4) is 0 Å². The Balaban J connectivity index is 1.70. The van der Waals surface area contributed by atoms with Gasteiger partial charge in [0.1, 0.15) is 12.3 Å². The van der Waals surface area contributed by atoms with Crippen LogP contribution in [0.4, 0.5) is 5.69 Å². The van der Waals surface area contributed by atoms with Gasteiger partial charge in [0.15, 0.2) is 18.1 Å². The van der Waals surface area contributed by atoms with Gasteiger partial charge in [0.25, 0.3) is 5.91 Å². The van der Waals surface area contributed by atoms with Crippen molar-refractivity contribution in [3.05, 3.63) is 46.4 Å². The van der Waals surface area contributed by atoms with E-state index in [-0.39, 0.29) is 37.1 Å². The molecule has 0 saturated heterocycles. The molecule has 1 N–H and O–H groups in total. The molecule has 1 heterocycles. The van der Waals surface area contributed by atoms with Gasteiger partial charge in [-0.1, -0.05) is 22.0 Å². The second-order valence-electron chi connectivity index (χ2n) is 7.25. The summed E-state index contributed by atoms with van der Waals surface area (Å²) in [5.74, 6) is 1.29. The van der Waals surface area contributed by atoms with Crippen molar-refractivity contribution in [2.45, 2.75) is 32.9 Å². The van der Waals surface area contributed by atoms with Crippen LogP contribution in [0, 0.1) is 0 Å². The van der Waals surface area contributed by atoms with E-state index >= 15 is 0 Å². The fourth-order valence-electron chi connectivity index (χ4n) is 3.17. The fourth-order valence-corrected chi connectivity index (χ4v) is 3.51. The number of hydrogen-bond donors (Lipinski definition) is 1. The Hall–Kier alpha value is -2.74. The Kier molecular flexibility index (Phi) is 6.87. The summed E-state index contributed by atoms with van der Waals surface area (Å²) in [6, 6.07) is 10.6. The van der Waals surface area contributed by atoms with Gasteiger partial charge in [-0.3, -0.25) is 14.5 Å². The third kappa shape index (κ3) is 5.05. The molecule has 0 radical (unpaired) electrons. The van der Waals surface area contributed by atoms with E-state index in [0.717, 1.165) is 10.0 Å². The van der Waals surface area contributed by atoms with E-state index in [1.54, 1.807) is 25.3 Å². The predicted molar refractivity (Wildman–Crippen MR) is 117 cm³/mol. The minimum absolute atomic E-state index is 0.0245. The largest absolute Gasteiger partial charge is 0.493 e. The van der Waals surface area contributed by atoms with Gasteiger partial charge in [0, 0.05) is 4.47 Å². The fraction of sp³-hybridized carbons (Fsp3) is 0.364. The van der Waals surface area contributed by atoms with Crippen molar-refractivity contribution >= 4 is 33.4 Å². The summed E-state index contributed by atoms with van der Waals surface area (Å²) >= 11 is 3.38. The molecular formula is C22H25BrN2O5. The zero-order valence-electron chi connectivity index (χ0n) is 17.4. The predicted octanol–water partition coefficient (Wildman–Crippen LogP) is 3.85. The van der Waals surface area contributed by atoms with Crippen LogP contribution in [-0.4, -0.2) is 38.2 Å². The summed E-state index contributed by atoms with van der Waals surface area (Å²) in [5, 5.41) is 2.94. The summed E-state index contributed by atoms with van der Waals surface area (Å²) in [6.07, 6.45) is 0.0245. The molecule has 30 heavy (non-hydrogen) atoms. The van der Waals surface area contributed by atoms with Crippen LogP contribution in [0.5, 0.6) is 17.2 Å². The monoisotopic (exact) mass is 476 g/mol. The van der Waals surface area contributed by atoms with E-state index in [0.29, 0.717) is 22.9 Å². The molecule has 7 nitrogen and oxygen atoms in total. The average Bonchev–Trinajstić information content (AvgIpc) is 2.69. The lowest BCUT2D eigenvalue weighted by atomic mass is 10.1. The first-order valence-electron chi connectivity index (χ1n) is 9.65. The Morgan fingerprint density at radius 3 is 2.67 bits per heavy atom. The van der Waals surface area contributed by atoms with Gasteiger partial charge in [-0.25, -0.2) is 0 Å². The third-order valence-corrected chi connectivity index (χ3v) is 5.09. The molecule has 1 aliphatic rings. The first-order valence-corrected chi connectivity index (χ1v) is 10.4. The number of anilines is 1. The normalized spacial score (nSPS) is 14.1. The topological polar surface area (TPSA) is 77.1 Å². The lowest BCUT2D eigenvalue weighted by Gasteiger charge is -2.29. The van der Waals surface area contributed by atoms with Crippen molar-refractivity contribution in [3.8, 4) is 17.2 Å². The van der Waals surface area contributed by atoms with Crippen molar-refractivity contribution in [1.82, 2.24) is 5.32 Å². The summed E-state index contributed by atoms with van der Waals surface area (Å²) in [7, 11) is 1.58. The Morgan fingerprint density at radius 1 is 1.20 bits per heavy atom. The highest BCUT2D eigenvalue weighted by atomic mass is 79.9. The second kappa shape index (κ2) is 9.38. The summed E-state index contributed by atoms with van der Waals surface area (Å²) in [6.45, 7) is 5.58. The minimum atomic E-state index is -0.278. The zero-order valence-corrected chi connectivity index (χ0v) is 19.0. The van der Waals surface area contributed by atoms with Crippen LogP contribution in [0.15, 0.2) is 40.9 Å². The lowest BCUT2D eigenvalue weighted by molar-refractivity contribution is -0.125. The Labute approximate surface area is 184 Å². The first kappa shape index (κ1) is 22.0. The number of carbonyl (C=O) groups excluding carboxylic acids is 2. The van der Waals surface area contributed by atoms with Crippen molar-refractivity contribution < 1.29 is 23.8 Å². The van der Waals surface area contributed by atoms with Gasteiger partial charge in [0.05, 0.1) is 24.9 Å². The summed E-state index contributed by atoms with van der Waals surface area (Å²) in [4.78, 5) is 26.4. The quantitative estimate of drug-likeness (QED) is 0.656. The van der Waals surface area contributed by atoms with E-state index in [4.69, 9.17) is 14.2 Å². The first-order chi connectivity index (χ1) is 14.3. The maximum absolute atomic E-state index is 12.7. The molecule has 160 valence electrons. The van der Waals surface area contributed by atoms with Crippen molar-refractivity contribution in [1.29, 1.82) is 0 Å². The van der Waals surface area contributed by atoms with Crippen LogP contribution in [0.2, 0.25) is 0 Å². The molecule has 2 amide bonds. The lowest BCUT2D eigenvalue weighted by Crippen LogP contribution is -2.45. The standard InChI is InChI=1S/C22H25BrN2O5/c1-13(2)30-18-8-5-15(9-20(18)28-4)14(3)24-21(26)11-25-17-7-6-16(23)10-19(17)29-12-22(25)27/h5-10,13-14H,11-12H2,1-4H3,(H,24,26). The van der Waals surface area contributed by atoms with Crippen LogP contribution >= 0.6 is 15.9 Å². The molecular weight excluding hydrogens is 452 g/mol. The molecule has 3 rings (SSSR count). The molecule has 0 aliphatic carbocycles. The maximum atomic E-state index is 12.7. The number of halogens is 1.